The molecule has 1 heterocycles. The van der Waals surface area contributed by atoms with Crippen molar-refractivity contribution in [2.45, 2.75) is 27.2 Å². The Labute approximate surface area is 213 Å². The monoisotopic (exact) mass is 530 g/mol. The number of carbonyl (C=O) groups is 2. The van der Waals surface area contributed by atoms with Gasteiger partial charge in [-0.05, 0) is 66.8 Å². The van der Waals surface area contributed by atoms with Gasteiger partial charge in [-0.3, -0.25) is 4.79 Å². The highest BCUT2D eigenvalue weighted by molar-refractivity contribution is 9.10. The van der Waals surface area contributed by atoms with Gasteiger partial charge in [0.2, 0.25) is 0 Å². The van der Waals surface area contributed by atoms with Gasteiger partial charge in [0.25, 0.3) is 5.91 Å². The summed E-state index contributed by atoms with van der Waals surface area (Å²) in [4.78, 5) is 30.8. The maximum absolute atomic E-state index is 13.8. The van der Waals surface area contributed by atoms with Gasteiger partial charge < -0.3 is 10.1 Å². The second-order valence-corrected chi connectivity index (χ2v) is 9.82. The summed E-state index contributed by atoms with van der Waals surface area (Å²) in [6, 6.07) is 20.9. The topological polar surface area (TPSA) is 68.3 Å². The lowest BCUT2D eigenvalue weighted by molar-refractivity contribution is 0.0600. The van der Waals surface area contributed by atoms with Crippen LogP contribution in [0.2, 0.25) is 0 Å². The van der Waals surface area contributed by atoms with Crippen LogP contribution in [-0.2, 0) is 11.2 Å². The van der Waals surface area contributed by atoms with E-state index in [2.05, 4.69) is 35.1 Å². The van der Waals surface area contributed by atoms with Crippen molar-refractivity contribution in [3.63, 3.8) is 0 Å². The summed E-state index contributed by atoms with van der Waals surface area (Å²) < 4.78 is 5.75. The minimum absolute atomic E-state index is 0.221. The molecule has 3 aromatic carbocycles. The number of carbonyl (C=O) groups excluding carboxylic acids is 2. The first-order valence-corrected chi connectivity index (χ1v) is 12.3. The number of anilines is 1. The summed E-state index contributed by atoms with van der Waals surface area (Å²) in [5.74, 6) is -0.287. The van der Waals surface area contributed by atoms with Crippen LogP contribution in [0.15, 0.2) is 71.2 Å². The van der Waals surface area contributed by atoms with E-state index < -0.39 is 5.97 Å². The Balaban J connectivity index is 1.84. The van der Waals surface area contributed by atoms with Crippen molar-refractivity contribution >= 4 is 44.4 Å². The lowest BCUT2D eigenvalue weighted by Crippen LogP contribution is -2.17. The molecule has 0 bridgehead atoms. The molecule has 0 atom stereocenters. The fourth-order valence-electron chi connectivity index (χ4n) is 4.25. The Bertz CT molecular complexity index is 1410. The van der Waals surface area contributed by atoms with E-state index in [9.17, 15) is 9.59 Å². The molecule has 0 aliphatic carbocycles. The van der Waals surface area contributed by atoms with Gasteiger partial charge in [-0.15, -0.1) is 0 Å². The SMILES string of the molecule is COC(=O)c1ccc(NC(=O)c2c(C)c(-c3ccccc3)nc3ccc(Br)cc23)c(CC(C)C)c1. The number of rotatable bonds is 6. The van der Waals surface area contributed by atoms with Gasteiger partial charge in [-0.2, -0.15) is 0 Å². The molecule has 35 heavy (non-hydrogen) atoms. The second-order valence-electron chi connectivity index (χ2n) is 8.90. The molecular weight excluding hydrogens is 504 g/mol. The first-order valence-electron chi connectivity index (χ1n) is 11.5. The summed E-state index contributed by atoms with van der Waals surface area (Å²) in [6.45, 7) is 6.13. The van der Waals surface area contributed by atoms with Crippen molar-refractivity contribution in [3.05, 3.63) is 93.5 Å². The maximum Gasteiger partial charge on any atom is 0.337 e. The van der Waals surface area contributed by atoms with Gasteiger partial charge in [0, 0.05) is 21.1 Å². The molecule has 178 valence electrons. The number of aromatic nitrogens is 1. The lowest BCUT2D eigenvalue weighted by atomic mass is 9.96. The predicted octanol–water partition coefficient (Wildman–Crippen LogP) is 7.21. The molecule has 1 N–H and O–H groups in total. The third kappa shape index (κ3) is 5.28. The first kappa shape index (κ1) is 24.6. The minimum Gasteiger partial charge on any atom is -0.465 e. The zero-order valence-corrected chi connectivity index (χ0v) is 21.8. The average Bonchev–Trinajstić information content (AvgIpc) is 2.84. The van der Waals surface area contributed by atoms with Crippen LogP contribution in [0, 0.1) is 12.8 Å². The van der Waals surface area contributed by atoms with Gasteiger partial charge in [-0.25, -0.2) is 9.78 Å². The molecule has 0 saturated carbocycles. The molecule has 6 heteroatoms. The molecule has 0 aliphatic rings. The van der Waals surface area contributed by atoms with Crippen molar-refractivity contribution in [1.29, 1.82) is 0 Å². The van der Waals surface area contributed by atoms with Crippen molar-refractivity contribution in [1.82, 2.24) is 4.98 Å². The Kier molecular flexibility index (Phi) is 7.31. The molecule has 4 rings (SSSR count). The minimum atomic E-state index is -0.402. The number of halogens is 1. The van der Waals surface area contributed by atoms with E-state index in [4.69, 9.17) is 9.72 Å². The third-order valence-electron chi connectivity index (χ3n) is 5.87. The first-order chi connectivity index (χ1) is 16.8. The number of methoxy groups -OCH3 is 1. The largest absolute Gasteiger partial charge is 0.465 e. The van der Waals surface area contributed by atoms with E-state index in [0.29, 0.717) is 29.2 Å². The Hall–Kier alpha value is -3.51. The highest BCUT2D eigenvalue weighted by atomic mass is 79.9. The van der Waals surface area contributed by atoms with E-state index in [1.54, 1.807) is 18.2 Å². The zero-order chi connectivity index (χ0) is 25.1. The summed E-state index contributed by atoms with van der Waals surface area (Å²) in [7, 11) is 1.36. The van der Waals surface area contributed by atoms with Crippen molar-refractivity contribution in [2.75, 3.05) is 12.4 Å². The van der Waals surface area contributed by atoms with Gasteiger partial charge >= 0.3 is 5.97 Å². The van der Waals surface area contributed by atoms with E-state index in [0.717, 1.165) is 37.8 Å². The number of hydrogen-bond acceptors (Lipinski definition) is 4. The Morgan fingerprint density at radius 1 is 1.03 bits per heavy atom. The lowest BCUT2D eigenvalue weighted by Gasteiger charge is -2.17. The molecule has 5 nitrogen and oxygen atoms in total. The standard InChI is InChI=1S/C29H27BrN2O3/c1-17(2)14-21-15-20(29(34)35-4)10-12-24(21)32-28(33)26-18(3)27(19-8-6-5-7-9-19)31-25-13-11-22(30)16-23(25)26/h5-13,15-17H,14H2,1-4H3,(H,32,33). The second kappa shape index (κ2) is 10.4. The predicted molar refractivity (Wildman–Crippen MR) is 144 cm³/mol. The van der Waals surface area contributed by atoms with Crippen LogP contribution < -0.4 is 5.32 Å². The van der Waals surface area contributed by atoms with Crippen LogP contribution >= 0.6 is 15.9 Å². The summed E-state index contributed by atoms with van der Waals surface area (Å²) in [5.41, 5.74) is 5.86. The number of pyridine rings is 1. The average molecular weight is 531 g/mol. The molecule has 4 aromatic rings. The van der Waals surface area contributed by atoms with Crippen molar-refractivity contribution < 1.29 is 14.3 Å². The van der Waals surface area contributed by atoms with E-state index >= 15 is 0 Å². The fourth-order valence-corrected chi connectivity index (χ4v) is 4.62. The quantitative estimate of drug-likeness (QED) is 0.267. The smallest absolute Gasteiger partial charge is 0.337 e. The number of benzene rings is 3. The number of hydrogen-bond donors (Lipinski definition) is 1. The van der Waals surface area contributed by atoms with Gasteiger partial charge in [0.1, 0.15) is 0 Å². The zero-order valence-electron chi connectivity index (χ0n) is 20.2. The van der Waals surface area contributed by atoms with E-state index in [1.807, 2.05) is 55.5 Å². The summed E-state index contributed by atoms with van der Waals surface area (Å²) >= 11 is 3.53. The van der Waals surface area contributed by atoms with Gasteiger partial charge in [-0.1, -0.05) is 60.1 Å². The molecule has 1 aromatic heterocycles. The molecule has 1 amide bonds. The number of nitrogens with one attached hydrogen (secondary N) is 1. The number of fused-ring (bicyclic) bond motifs is 1. The third-order valence-corrected chi connectivity index (χ3v) is 6.36. The van der Waals surface area contributed by atoms with Crippen LogP contribution in [0.3, 0.4) is 0 Å². The van der Waals surface area contributed by atoms with Crippen LogP contribution in [0.1, 0.15) is 45.7 Å². The van der Waals surface area contributed by atoms with Crippen molar-refractivity contribution in [3.8, 4) is 11.3 Å². The molecule has 0 unspecified atom stereocenters. The molecule has 0 fully saturated rings. The van der Waals surface area contributed by atoms with Gasteiger partial charge in [0.15, 0.2) is 0 Å². The number of nitrogens with zero attached hydrogens (tertiary/aromatic N) is 1. The van der Waals surface area contributed by atoms with E-state index in [-0.39, 0.29) is 5.91 Å². The van der Waals surface area contributed by atoms with Crippen LogP contribution in [0.4, 0.5) is 5.69 Å². The Morgan fingerprint density at radius 3 is 2.46 bits per heavy atom. The normalized spacial score (nSPS) is 11.0. The number of amides is 1. The highest BCUT2D eigenvalue weighted by Gasteiger charge is 2.21. The molecule has 0 saturated heterocycles. The fraction of sp³-hybridized carbons (Fsp3) is 0.207. The number of esters is 1. The molecular formula is C29H27BrN2O3. The summed E-state index contributed by atoms with van der Waals surface area (Å²) in [5, 5.41) is 3.88. The molecule has 0 aliphatic heterocycles. The van der Waals surface area contributed by atoms with E-state index in [1.165, 1.54) is 7.11 Å². The van der Waals surface area contributed by atoms with Crippen LogP contribution in [0.25, 0.3) is 22.2 Å². The Morgan fingerprint density at radius 2 is 1.77 bits per heavy atom. The van der Waals surface area contributed by atoms with Gasteiger partial charge in [0.05, 0.1) is 29.4 Å². The highest BCUT2D eigenvalue weighted by Crippen LogP contribution is 2.32. The van der Waals surface area contributed by atoms with Crippen molar-refractivity contribution in [2.24, 2.45) is 5.92 Å². The maximum atomic E-state index is 13.8. The number of ether oxygens (including phenoxy) is 1. The van der Waals surface area contributed by atoms with Crippen LogP contribution in [-0.4, -0.2) is 24.0 Å². The molecule has 0 spiro atoms. The van der Waals surface area contributed by atoms with Crippen LogP contribution in [0.5, 0.6) is 0 Å². The summed E-state index contributed by atoms with van der Waals surface area (Å²) in [6.07, 6.45) is 0.706. The molecule has 0 radical (unpaired) electrons.